The Bertz CT molecular complexity index is 1190. The first-order valence-corrected chi connectivity index (χ1v) is 11.8. The first-order valence-electron chi connectivity index (χ1n) is 9.64. The van der Waals surface area contributed by atoms with Crippen LogP contribution in [0.15, 0.2) is 59.6 Å². The summed E-state index contributed by atoms with van der Waals surface area (Å²) >= 11 is 12.4. The molecule has 1 aromatic heterocycles. The van der Waals surface area contributed by atoms with E-state index in [1.54, 1.807) is 36.9 Å². The fraction of sp³-hybridized carbons (Fsp3) is 0.238. The molecule has 7 nitrogen and oxygen atoms in total. The number of carbonyl (C=O) groups is 1. The zero-order chi connectivity index (χ0) is 22.6. The monoisotopic (exact) mass is 480 g/mol. The number of carbonyl (C=O) groups excluding carboxylic acids is 1. The Hall–Kier alpha value is -2.39. The molecule has 1 N–H and O–H groups in total. The maximum atomic E-state index is 12.9. The van der Waals surface area contributed by atoms with Gasteiger partial charge in [-0.3, -0.25) is 4.79 Å². The highest BCUT2D eigenvalue weighted by molar-refractivity contribution is 7.89. The molecule has 0 fully saturated rings. The average Bonchev–Trinajstić information content (AvgIpc) is 3.17. The number of rotatable bonds is 8. The van der Waals surface area contributed by atoms with Crippen molar-refractivity contribution in [1.82, 2.24) is 14.1 Å². The lowest BCUT2D eigenvalue weighted by Gasteiger charge is -2.19. The fourth-order valence-electron chi connectivity index (χ4n) is 3.09. The zero-order valence-corrected chi connectivity index (χ0v) is 19.4. The minimum absolute atomic E-state index is 0.00956. The van der Waals surface area contributed by atoms with Gasteiger partial charge >= 0.3 is 0 Å². The summed E-state index contributed by atoms with van der Waals surface area (Å²) in [6.45, 7) is 4.51. The minimum atomic E-state index is -3.73. The van der Waals surface area contributed by atoms with E-state index >= 15 is 0 Å². The van der Waals surface area contributed by atoms with Gasteiger partial charge in [-0.1, -0.05) is 55.2 Å². The van der Waals surface area contributed by atoms with Crippen LogP contribution in [-0.4, -0.2) is 41.5 Å². The molecule has 0 bridgehead atoms. The molecule has 0 saturated heterocycles. The first kappa shape index (κ1) is 23.3. The molecule has 1 heterocycles. The van der Waals surface area contributed by atoms with E-state index in [0.717, 1.165) is 5.56 Å². The van der Waals surface area contributed by atoms with Crippen molar-refractivity contribution in [2.24, 2.45) is 0 Å². The standard InChI is InChI=1S/C21H22Cl2N4O3S/c1-3-26(4-2)31(29,30)16-9-10-19(23)17(13-16)21(28)25-20-11-12-24-27(20)14-15-7-5-6-8-18(15)22/h5-13H,3-4,14H2,1-2H3,(H,25,28). The summed E-state index contributed by atoms with van der Waals surface area (Å²) in [5, 5.41) is 7.72. The Morgan fingerprint density at radius 3 is 2.45 bits per heavy atom. The number of amides is 1. The molecule has 0 aliphatic rings. The second-order valence-corrected chi connectivity index (χ2v) is 9.40. The van der Waals surface area contributed by atoms with Crippen LogP contribution in [0.1, 0.15) is 29.8 Å². The zero-order valence-electron chi connectivity index (χ0n) is 17.0. The van der Waals surface area contributed by atoms with E-state index in [-0.39, 0.29) is 15.5 Å². The average molecular weight is 481 g/mol. The fourth-order valence-corrected chi connectivity index (χ4v) is 4.97. The van der Waals surface area contributed by atoms with Crippen molar-refractivity contribution in [3.05, 3.63) is 75.9 Å². The van der Waals surface area contributed by atoms with Gasteiger partial charge in [0.1, 0.15) is 5.82 Å². The van der Waals surface area contributed by atoms with Gasteiger partial charge < -0.3 is 5.32 Å². The number of benzene rings is 2. The number of sulfonamides is 1. The number of nitrogens with zero attached hydrogens (tertiary/aromatic N) is 3. The summed E-state index contributed by atoms with van der Waals surface area (Å²) < 4.78 is 28.5. The van der Waals surface area contributed by atoms with Crippen molar-refractivity contribution < 1.29 is 13.2 Å². The van der Waals surface area contributed by atoms with Gasteiger partial charge in [-0.2, -0.15) is 9.40 Å². The third kappa shape index (κ3) is 5.10. The molecule has 0 saturated carbocycles. The van der Waals surface area contributed by atoms with Crippen LogP contribution in [0, 0.1) is 0 Å². The lowest BCUT2D eigenvalue weighted by molar-refractivity contribution is 0.102. The molecule has 31 heavy (non-hydrogen) atoms. The van der Waals surface area contributed by atoms with Crippen LogP contribution in [0.25, 0.3) is 0 Å². The molecule has 1 amide bonds. The Kier molecular flexibility index (Phi) is 7.38. The molecule has 0 radical (unpaired) electrons. The molecule has 10 heteroatoms. The minimum Gasteiger partial charge on any atom is -0.307 e. The highest BCUT2D eigenvalue weighted by Crippen LogP contribution is 2.24. The van der Waals surface area contributed by atoms with Crippen molar-refractivity contribution in [3.63, 3.8) is 0 Å². The number of aromatic nitrogens is 2. The van der Waals surface area contributed by atoms with Gasteiger partial charge in [0.25, 0.3) is 5.91 Å². The molecule has 2 aromatic carbocycles. The van der Waals surface area contributed by atoms with Crippen LogP contribution < -0.4 is 5.32 Å². The van der Waals surface area contributed by atoms with Crippen molar-refractivity contribution >= 4 is 45.0 Å². The van der Waals surface area contributed by atoms with Gasteiger partial charge in [0, 0.05) is 24.2 Å². The van der Waals surface area contributed by atoms with Crippen LogP contribution in [0.2, 0.25) is 10.0 Å². The van der Waals surface area contributed by atoms with Crippen molar-refractivity contribution in [3.8, 4) is 0 Å². The molecule has 0 unspecified atom stereocenters. The van der Waals surface area contributed by atoms with E-state index < -0.39 is 15.9 Å². The summed E-state index contributed by atoms with van der Waals surface area (Å²) in [5.41, 5.74) is 0.897. The maximum absolute atomic E-state index is 12.9. The van der Waals surface area contributed by atoms with E-state index in [1.165, 1.54) is 22.5 Å². The second-order valence-electron chi connectivity index (χ2n) is 6.65. The third-order valence-corrected chi connectivity index (χ3v) is 7.51. The summed E-state index contributed by atoms with van der Waals surface area (Å²) in [4.78, 5) is 12.9. The molecule has 0 spiro atoms. The topological polar surface area (TPSA) is 84.3 Å². The summed E-state index contributed by atoms with van der Waals surface area (Å²) in [6.07, 6.45) is 1.55. The molecule has 164 valence electrons. The van der Waals surface area contributed by atoms with Crippen LogP contribution in [-0.2, 0) is 16.6 Å². The van der Waals surface area contributed by atoms with E-state index in [0.29, 0.717) is 30.5 Å². The second kappa shape index (κ2) is 9.82. The quantitative estimate of drug-likeness (QED) is 0.513. The van der Waals surface area contributed by atoms with E-state index in [9.17, 15) is 13.2 Å². The number of anilines is 1. The van der Waals surface area contributed by atoms with Crippen LogP contribution in [0.5, 0.6) is 0 Å². The van der Waals surface area contributed by atoms with Gasteiger partial charge in [-0.05, 0) is 29.8 Å². The lowest BCUT2D eigenvalue weighted by Crippen LogP contribution is -2.30. The molecular weight excluding hydrogens is 459 g/mol. The Labute approximate surface area is 191 Å². The van der Waals surface area contributed by atoms with E-state index in [1.807, 2.05) is 18.2 Å². The predicted molar refractivity (Wildman–Crippen MR) is 122 cm³/mol. The summed E-state index contributed by atoms with van der Waals surface area (Å²) in [6, 6.07) is 13.1. The SMILES string of the molecule is CCN(CC)S(=O)(=O)c1ccc(Cl)c(C(=O)Nc2ccnn2Cc2ccccc2Cl)c1. The molecule has 3 rings (SSSR count). The summed E-state index contributed by atoms with van der Waals surface area (Å²) in [7, 11) is -3.73. The van der Waals surface area contributed by atoms with Gasteiger partial charge in [0.15, 0.2) is 0 Å². The molecular formula is C21H22Cl2N4O3S. The van der Waals surface area contributed by atoms with Crippen LogP contribution >= 0.6 is 23.2 Å². The Morgan fingerprint density at radius 2 is 1.77 bits per heavy atom. The van der Waals surface area contributed by atoms with Crippen molar-refractivity contribution in [2.45, 2.75) is 25.3 Å². The number of hydrogen-bond donors (Lipinski definition) is 1. The molecule has 0 aliphatic carbocycles. The van der Waals surface area contributed by atoms with Crippen molar-refractivity contribution in [2.75, 3.05) is 18.4 Å². The van der Waals surface area contributed by atoms with E-state index in [2.05, 4.69) is 10.4 Å². The third-order valence-electron chi connectivity index (χ3n) is 4.76. The molecule has 0 atom stereocenters. The maximum Gasteiger partial charge on any atom is 0.258 e. The van der Waals surface area contributed by atoms with Gasteiger partial charge in [-0.15, -0.1) is 0 Å². The smallest absolute Gasteiger partial charge is 0.258 e. The number of hydrogen-bond acceptors (Lipinski definition) is 4. The Morgan fingerprint density at radius 1 is 1.06 bits per heavy atom. The van der Waals surface area contributed by atoms with Crippen LogP contribution in [0.4, 0.5) is 5.82 Å². The van der Waals surface area contributed by atoms with Gasteiger partial charge in [0.05, 0.1) is 28.2 Å². The van der Waals surface area contributed by atoms with Gasteiger partial charge in [-0.25, -0.2) is 13.1 Å². The van der Waals surface area contributed by atoms with Gasteiger partial charge in [0.2, 0.25) is 10.0 Å². The van der Waals surface area contributed by atoms with Crippen molar-refractivity contribution in [1.29, 1.82) is 0 Å². The first-order chi connectivity index (χ1) is 14.8. The number of halogens is 2. The highest BCUT2D eigenvalue weighted by atomic mass is 35.5. The highest BCUT2D eigenvalue weighted by Gasteiger charge is 2.24. The molecule has 3 aromatic rings. The normalized spacial score (nSPS) is 11.6. The molecule has 0 aliphatic heterocycles. The number of nitrogens with one attached hydrogen (secondary N) is 1. The predicted octanol–water partition coefficient (Wildman–Crippen LogP) is 4.52. The Balaban J connectivity index is 1.87. The lowest BCUT2D eigenvalue weighted by atomic mass is 10.2. The summed E-state index contributed by atoms with van der Waals surface area (Å²) in [5.74, 6) is -0.111. The van der Waals surface area contributed by atoms with E-state index in [4.69, 9.17) is 23.2 Å². The van der Waals surface area contributed by atoms with Crippen LogP contribution in [0.3, 0.4) is 0 Å². The largest absolute Gasteiger partial charge is 0.307 e.